The van der Waals surface area contributed by atoms with Crippen LogP contribution in [0.3, 0.4) is 0 Å². The lowest BCUT2D eigenvalue weighted by atomic mass is 10.3. The maximum Gasteiger partial charge on any atom is 0.360 e. The van der Waals surface area contributed by atoms with Gasteiger partial charge in [0.15, 0.2) is 5.69 Å². The maximum absolute atomic E-state index is 11.3. The number of esters is 1. The Kier molecular flexibility index (Phi) is 2.95. The molecule has 0 aliphatic rings. The van der Waals surface area contributed by atoms with Crippen molar-refractivity contribution in [2.24, 2.45) is 0 Å². The number of hydrogen-bond acceptors (Lipinski definition) is 5. The van der Waals surface area contributed by atoms with Gasteiger partial charge >= 0.3 is 5.97 Å². The van der Waals surface area contributed by atoms with Crippen molar-refractivity contribution in [1.82, 2.24) is 9.97 Å². The minimum absolute atomic E-state index is 0.155. The van der Waals surface area contributed by atoms with Crippen LogP contribution < -0.4 is 0 Å². The van der Waals surface area contributed by atoms with Crippen molar-refractivity contribution in [3.05, 3.63) is 36.4 Å². The fraction of sp³-hybridized carbons (Fsp3) is 0.182. The van der Waals surface area contributed by atoms with E-state index in [0.717, 1.165) is 0 Å². The molecule has 0 aliphatic heterocycles. The average molecular weight is 218 g/mol. The summed E-state index contributed by atoms with van der Waals surface area (Å²) < 4.78 is 9.94. The van der Waals surface area contributed by atoms with Crippen molar-refractivity contribution in [1.29, 1.82) is 0 Å². The van der Waals surface area contributed by atoms with Crippen molar-refractivity contribution in [3.63, 3.8) is 0 Å². The lowest BCUT2D eigenvalue weighted by Crippen LogP contribution is -2.04. The number of pyridine rings is 1. The zero-order valence-electron chi connectivity index (χ0n) is 8.71. The molecule has 0 atom stereocenters. The monoisotopic (exact) mass is 218 g/mol. The van der Waals surface area contributed by atoms with Gasteiger partial charge in [-0.25, -0.2) is 9.78 Å². The third kappa shape index (κ3) is 2.08. The van der Waals surface area contributed by atoms with Gasteiger partial charge in [-0.3, -0.25) is 4.98 Å². The zero-order chi connectivity index (χ0) is 11.4. The number of rotatable bonds is 3. The molecule has 2 heterocycles. The predicted molar refractivity (Wildman–Crippen MR) is 55.7 cm³/mol. The van der Waals surface area contributed by atoms with E-state index in [1.54, 1.807) is 25.3 Å². The minimum Gasteiger partial charge on any atom is -0.461 e. The Labute approximate surface area is 92.1 Å². The molecule has 82 valence electrons. The molecule has 5 heteroatoms. The second-order valence-electron chi connectivity index (χ2n) is 2.97. The quantitative estimate of drug-likeness (QED) is 0.736. The fourth-order valence-electron chi connectivity index (χ4n) is 1.18. The molecule has 5 nitrogen and oxygen atoms in total. The molecule has 0 spiro atoms. The van der Waals surface area contributed by atoms with Crippen LogP contribution in [0.5, 0.6) is 0 Å². The lowest BCUT2D eigenvalue weighted by Gasteiger charge is -1.95. The normalized spacial score (nSPS) is 10.1. The van der Waals surface area contributed by atoms with Crippen LogP contribution in [-0.2, 0) is 4.74 Å². The van der Waals surface area contributed by atoms with E-state index in [9.17, 15) is 4.79 Å². The Morgan fingerprint density at radius 1 is 1.50 bits per heavy atom. The third-order valence-electron chi connectivity index (χ3n) is 1.87. The number of ether oxygens (including phenoxy) is 1. The summed E-state index contributed by atoms with van der Waals surface area (Å²) in [6.07, 6.45) is 2.89. The molecule has 0 saturated heterocycles. The van der Waals surface area contributed by atoms with Gasteiger partial charge in [0, 0.05) is 6.20 Å². The van der Waals surface area contributed by atoms with Crippen molar-refractivity contribution >= 4 is 5.97 Å². The molecule has 0 aliphatic carbocycles. The van der Waals surface area contributed by atoms with E-state index < -0.39 is 5.97 Å². The molecular formula is C11H10N2O3. The molecule has 2 aromatic rings. The number of nitrogens with zero attached hydrogens (tertiary/aromatic N) is 2. The summed E-state index contributed by atoms with van der Waals surface area (Å²) in [7, 11) is 0. The largest absolute Gasteiger partial charge is 0.461 e. The summed E-state index contributed by atoms with van der Waals surface area (Å²) >= 11 is 0. The van der Waals surface area contributed by atoms with Crippen LogP contribution >= 0.6 is 0 Å². The first kappa shape index (κ1) is 10.4. The fourth-order valence-corrected chi connectivity index (χ4v) is 1.18. The minimum atomic E-state index is -0.492. The Bertz CT molecular complexity index is 479. The molecule has 0 unspecified atom stereocenters. The van der Waals surface area contributed by atoms with Gasteiger partial charge < -0.3 is 9.15 Å². The van der Waals surface area contributed by atoms with Crippen LogP contribution in [0.1, 0.15) is 17.4 Å². The first-order valence-corrected chi connectivity index (χ1v) is 4.85. The van der Waals surface area contributed by atoms with E-state index in [1.165, 1.54) is 6.26 Å². The van der Waals surface area contributed by atoms with Gasteiger partial charge in [-0.2, -0.15) is 0 Å². The maximum atomic E-state index is 11.3. The van der Waals surface area contributed by atoms with Crippen LogP contribution in [0, 0.1) is 0 Å². The molecular weight excluding hydrogens is 208 g/mol. The Balaban J connectivity index is 2.23. The van der Waals surface area contributed by atoms with Gasteiger partial charge in [0.1, 0.15) is 12.0 Å². The molecule has 0 amide bonds. The molecule has 2 aromatic heterocycles. The third-order valence-corrected chi connectivity index (χ3v) is 1.87. The SMILES string of the molecule is CCOC(=O)c1coc(-c2ccccn2)n1. The lowest BCUT2D eigenvalue weighted by molar-refractivity contribution is 0.0519. The molecule has 2 rings (SSSR count). The molecule has 0 N–H and O–H groups in total. The van der Waals surface area contributed by atoms with Crippen LogP contribution in [0.4, 0.5) is 0 Å². The van der Waals surface area contributed by atoms with Gasteiger partial charge in [0.05, 0.1) is 6.61 Å². The summed E-state index contributed by atoms with van der Waals surface area (Å²) in [4.78, 5) is 19.4. The Hall–Kier alpha value is -2.17. The van der Waals surface area contributed by atoms with Gasteiger partial charge in [0.2, 0.25) is 5.89 Å². The predicted octanol–water partition coefficient (Wildman–Crippen LogP) is 1.91. The average Bonchev–Trinajstić information content (AvgIpc) is 2.80. The number of aromatic nitrogens is 2. The highest BCUT2D eigenvalue weighted by atomic mass is 16.5. The number of carbonyl (C=O) groups excluding carboxylic acids is 1. The second kappa shape index (κ2) is 4.57. The summed E-state index contributed by atoms with van der Waals surface area (Å²) in [5.41, 5.74) is 0.737. The first-order valence-electron chi connectivity index (χ1n) is 4.85. The van der Waals surface area contributed by atoms with Gasteiger partial charge in [-0.15, -0.1) is 0 Å². The van der Waals surface area contributed by atoms with Gasteiger partial charge in [0.25, 0.3) is 0 Å². The standard InChI is InChI=1S/C11H10N2O3/c1-2-15-11(14)9-7-16-10(13-9)8-5-3-4-6-12-8/h3-7H,2H2,1H3. The molecule has 0 aromatic carbocycles. The van der Waals surface area contributed by atoms with Crippen molar-refractivity contribution in [2.45, 2.75) is 6.92 Å². The summed E-state index contributed by atoms with van der Waals surface area (Å²) in [5, 5.41) is 0. The molecule has 16 heavy (non-hydrogen) atoms. The molecule has 0 saturated carbocycles. The summed E-state index contributed by atoms with van der Waals surface area (Å²) in [6, 6.07) is 5.36. The number of oxazole rings is 1. The van der Waals surface area contributed by atoms with Crippen molar-refractivity contribution in [2.75, 3.05) is 6.61 Å². The number of hydrogen-bond donors (Lipinski definition) is 0. The van der Waals surface area contributed by atoms with Crippen LogP contribution in [-0.4, -0.2) is 22.5 Å². The zero-order valence-corrected chi connectivity index (χ0v) is 8.71. The van der Waals surface area contributed by atoms with E-state index in [-0.39, 0.29) is 5.69 Å². The second-order valence-corrected chi connectivity index (χ2v) is 2.97. The Morgan fingerprint density at radius 3 is 3.06 bits per heavy atom. The molecule has 0 bridgehead atoms. The number of carbonyl (C=O) groups is 1. The van der Waals surface area contributed by atoms with E-state index in [1.807, 2.05) is 6.07 Å². The topological polar surface area (TPSA) is 65.2 Å². The summed E-state index contributed by atoms with van der Waals surface area (Å²) in [5.74, 6) is -0.183. The van der Waals surface area contributed by atoms with Crippen molar-refractivity contribution < 1.29 is 13.9 Å². The van der Waals surface area contributed by atoms with Crippen LogP contribution in [0.2, 0.25) is 0 Å². The summed E-state index contributed by atoms with van der Waals surface area (Å²) in [6.45, 7) is 2.04. The van der Waals surface area contributed by atoms with Crippen LogP contribution in [0.15, 0.2) is 35.1 Å². The van der Waals surface area contributed by atoms with E-state index in [2.05, 4.69) is 9.97 Å². The highest BCUT2D eigenvalue weighted by Gasteiger charge is 2.14. The highest BCUT2D eigenvalue weighted by Crippen LogP contribution is 2.15. The Morgan fingerprint density at radius 2 is 2.38 bits per heavy atom. The van der Waals surface area contributed by atoms with E-state index >= 15 is 0 Å². The van der Waals surface area contributed by atoms with Crippen LogP contribution in [0.25, 0.3) is 11.6 Å². The molecule has 0 radical (unpaired) electrons. The van der Waals surface area contributed by atoms with Gasteiger partial charge in [-0.1, -0.05) is 6.07 Å². The smallest absolute Gasteiger partial charge is 0.360 e. The first-order chi connectivity index (χ1) is 7.81. The van der Waals surface area contributed by atoms with Gasteiger partial charge in [-0.05, 0) is 19.1 Å². The molecule has 0 fully saturated rings. The van der Waals surface area contributed by atoms with E-state index in [4.69, 9.17) is 9.15 Å². The van der Waals surface area contributed by atoms with Crippen molar-refractivity contribution in [3.8, 4) is 11.6 Å². The highest BCUT2D eigenvalue weighted by molar-refractivity contribution is 5.87. The van der Waals surface area contributed by atoms with E-state index in [0.29, 0.717) is 18.2 Å².